The lowest BCUT2D eigenvalue weighted by molar-refractivity contribution is 0.105. The molecule has 4 N–H and O–H groups in total. The third-order valence-electron chi connectivity index (χ3n) is 3.21. The summed E-state index contributed by atoms with van der Waals surface area (Å²) < 4.78 is 0.894. The first kappa shape index (κ1) is 15.0. The first-order valence-electron chi connectivity index (χ1n) is 6.79. The molecule has 0 saturated heterocycles. The molecule has 3 aromatic rings. The average molecular weight is 363 g/mol. The number of aliphatic hydroxyl groups excluding tert-OH is 2. The standard InChI is InChI=1S/C15H15BrN4O2/c16-10-3-9(5-17-6-10)15-19-13-2-1-11(4-14(13)20-15)18-7-12(22)8-21/h1-6,12,18,21-22H,7-8H2,(H,19,20). The quantitative estimate of drug-likeness (QED) is 0.557. The molecule has 0 bridgehead atoms. The zero-order valence-corrected chi connectivity index (χ0v) is 13.2. The van der Waals surface area contributed by atoms with E-state index in [1.54, 1.807) is 12.4 Å². The number of aromatic amines is 1. The van der Waals surface area contributed by atoms with E-state index in [2.05, 4.69) is 36.2 Å². The lowest BCUT2D eigenvalue weighted by atomic mass is 10.2. The van der Waals surface area contributed by atoms with Gasteiger partial charge in [-0.1, -0.05) is 0 Å². The van der Waals surface area contributed by atoms with Crippen molar-refractivity contribution in [3.63, 3.8) is 0 Å². The van der Waals surface area contributed by atoms with Crippen LogP contribution in [0.2, 0.25) is 0 Å². The van der Waals surface area contributed by atoms with Gasteiger partial charge in [-0.3, -0.25) is 4.98 Å². The Kier molecular flexibility index (Phi) is 4.37. The highest BCUT2D eigenvalue weighted by molar-refractivity contribution is 9.10. The van der Waals surface area contributed by atoms with Gasteiger partial charge in [0.1, 0.15) is 5.82 Å². The topological polar surface area (TPSA) is 94.1 Å². The van der Waals surface area contributed by atoms with Gasteiger partial charge in [0.25, 0.3) is 0 Å². The van der Waals surface area contributed by atoms with Crippen LogP contribution in [0.5, 0.6) is 0 Å². The second-order valence-electron chi connectivity index (χ2n) is 4.93. The molecule has 7 heteroatoms. The molecular formula is C15H15BrN4O2. The molecule has 3 rings (SSSR count). The molecule has 1 atom stereocenters. The number of pyridine rings is 1. The lowest BCUT2D eigenvalue weighted by Gasteiger charge is -2.09. The van der Waals surface area contributed by atoms with Crippen molar-refractivity contribution in [2.24, 2.45) is 0 Å². The van der Waals surface area contributed by atoms with Crippen molar-refractivity contribution < 1.29 is 10.2 Å². The predicted octanol–water partition coefficient (Wildman–Crippen LogP) is 2.15. The number of aliphatic hydroxyl groups is 2. The number of nitrogens with one attached hydrogen (secondary N) is 2. The number of H-pyrrole nitrogens is 1. The maximum atomic E-state index is 9.37. The van der Waals surface area contributed by atoms with E-state index in [9.17, 15) is 5.11 Å². The molecule has 0 aliphatic heterocycles. The van der Waals surface area contributed by atoms with Crippen molar-refractivity contribution in [1.29, 1.82) is 0 Å². The number of nitrogens with zero attached hydrogens (tertiary/aromatic N) is 2. The zero-order chi connectivity index (χ0) is 15.5. The van der Waals surface area contributed by atoms with E-state index in [4.69, 9.17) is 5.11 Å². The summed E-state index contributed by atoms with van der Waals surface area (Å²) in [5.74, 6) is 0.747. The first-order chi connectivity index (χ1) is 10.7. The smallest absolute Gasteiger partial charge is 0.140 e. The molecule has 0 radical (unpaired) electrons. The van der Waals surface area contributed by atoms with Gasteiger partial charge in [0.15, 0.2) is 0 Å². The average Bonchev–Trinajstić information content (AvgIpc) is 2.95. The number of benzene rings is 1. The maximum absolute atomic E-state index is 9.37. The SMILES string of the molecule is OCC(O)CNc1ccc2nc(-c3cncc(Br)c3)[nH]c2c1. The van der Waals surface area contributed by atoms with Crippen LogP contribution >= 0.6 is 15.9 Å². The fourth-order valence-electron chi connectivity index (χ4n) is 2.10. The molecule has 0 spiro atoms. The van der Waals surface area contributed by atoms with Crippen molar-refractivity contribution in [3.8, 4) is 11.4 Å². The molecule has 0 amide bonds. The Hall–Kier alpha value is -1.96. The lowest BCUT2D eigenvalue weighted by Crippen LogP contribution is -2.22. The van der Waals surface area contributed by atoms with E-state index in [0.29, 0.717) is 6.54 Å². The summed E-state index contributed by atoms with van der Waals surface area (Å²) in [4.78, 5) is 11.9. The Bertz CT molecular complexity index is 790. The highest BCUT2D eigenvalue weighted by atomic mass is 79.9. The number of hydrogen-bond acceptors (Lipinski definition) is 5. The summed E-state index contributed by atoms with van der Waals surface area (Å²) >= 11 is 3.40. The zero-order valence-electron chi connectivity index (χ0n) is 11.6. The van der Waals surface area contributed by atoms with Crippen LogP contribution in [0, 0.1) is 0 Å². The Morgan fingerprint density at radius 2 is 2.14 bits per heavy atom. The minimum atomic E-state index is -0.777. The summed E-state index contributed by atoms with van der Waals surface area (Å²) in [7, 11) is 0. The number of fused-ring (bicyclic) bond motifs is 1. The minimum absolute atomic E-state index is 0.265. The highest BCUT2D eigenvalue weighted by Gasteiger charge is 2.07. The Labute approximate surface area is 135 Å². The third-order valence-corrected chi connectivity index (χ3v) is 3.65. The molecule has 0 aliphatic rings. The summed E-state index contributed by atoms with van der Waals surface area (Å²) in [5, 5.41) is 21.3. The van der Waals surface area contributed by atoms with Gasteiger partial charge in [-0.25, -0.2) is 4.98 Å². The fraction of sp³-hybridized carbons (Fsp3) is 0.200. The molecule has 0 aliphatic carbocycles. The van der Waals surface area contributed by atoms with Crippen LogP contribution in [0.25, 0.3) is 22.4 Å². The minimum Gasteiger partial charge on any atom is -0.394 e. The summed E-state index contributed by atoms with van der Waals surface area (Å²) in [6.45, 7) is 0.0257. The van der Waals surface area contributed by atoms with Gasteiger partial charge in [0.05, 0.1) is 23.7 Å². The van der Waals surface area contributed by atoms with Gasteiger partial charge in [-0.2, -0.15) is 0 Å². The van der Waals surface area contributed by atoms with Crippen molar-refractivity contribution in [3.05, 3.63) is 41.1 Å². The van der Waals surface area contributed by atoms with Gasteiger partial charge >= 0.3 is 0 Å². The predicted molar refractivity (Wildman–Crippen MR) is 88.6 cm³/mol. The molecule has 22 heavy (non-hydrogen) atoms. The van der Waals surface area contributed by atoms with Crippen LogP contribution in [-0.2, 0) is 0 Å². The number of halogens is 1. The summed E-state index contributed by atoms with van der Waals surface area (Å²) in [6, 6.07) is 7.65. The van der Waals surface area contributed by atoms with Gasteiger partial charge in [-0.05, 0) is 40.2 Å². The van der Waals surface area contributed by atoms with Crippen LogP contribution in [0.4, 0.5) is 5.69 Å². The van der Waals surface area contributed by atoms with Crippen molar-refractivity contribution in [2.45, 2.75) is 6.10 Å². The molecule has 2 heterocycles. The molecule has 6 nitrogen and oxygen atoms in total. The van der Waals surface area contributed by atoms with Crippen molar-refractivity contribution in [1.82, 2.24) is 15.0 Å². The molecule has 114 valence electrons. The molecule has 2 aromatic heterocycles. The van der Waals surface area contributed by atoms with Crippen molar-refractivity contribution >= 4 is 32.7 Å². The van der Waals surface area contributed by atoms with E-state index in [0.717, 1.165) is 32.6 Å². The molecule has 0 fully saturated rings. The fourth-order valence-corrected chi connectivity index (χ4v) is 2.46. The summed E-state index contributed by atoms with van der Waals surface area (Å²) in [6.07, 6.45) is 2.70. The van der Waals surface area contributed by atoms with E-state index < -0.39 is 6.10 Å². The van der Waals surface area contributed by atoms with Crippen LogP contribution < -0.4 is 5.32 Å². The van der Waals surface area contributed by atoms with E-state index >= 15 is 0 Å². The van der Waals surface area contributed by atoms with Gasteiger partial charge in [0.2, 0.25) is 0 Å². The second kappa shape index (κ2) is 6.43. The molecule has 1 unspecified atom stereocenters. The van der Waals surface area contributed by atoms with Gasteiger partial charge < -0.3 is 20.5 Å². The third kappa shape index (κ3) is 3.27. The number of rotatable bonds is 5. The molecule has 0 saturated carbocycles. The van der Waals surface area contributed by atoms with Crippen LogP contribution in [0.3, 0.4) is 0 Å². The van der Waals surface area contributed by atoms with E-state index in [1.807, 2.05) is 24.3 Å². The molecular weight excluding hydrogens is 348 g/mol. The van der Waals surface area contributed by atoms with Crippen molar-refractivity contribution in [2.75, 3.05) is 18.5 Å². The maximum Gasteiger partial charge on any atom is 0.140 e. The Morgan fingerprint density at radius 3 is 2.91 bits per heavy atom. The van der Waals surface area contributed by atoms with E-state index in [1.165, 1.54) is 0 Å². The first-order valence-corrected chi connectivity index (χ1v) is 7.58. The van der Waals surface area contributed by atoms with Crippen LogP contribution in [0.1, 0.15) is 0 Å². The number of anilines is 1. The van der Waals surface area contributed by atoms with Gasteiger partial charge in [-0.15, -0.1) is 0 Å². The van der Waals surface area contributed by atoms with Gasteiger partial charge in [0, 0.05) is 34.7 Å². The van der Waals surface area contributed by atoms with Crippen LogP contribution in [0.15, 0.2) is 41.1 Å². The second-order valence-corrected chi connectivity index (χ2v) is 5.84. The summed E-state index contributed by atoms with van der Waals surface area (Å²) in [5.41, 5.74) is 3.49. The van der Waals surface area contributed by atoms with Crippen LogP contribution in [-0.4, -0.2) is 44.4 Å². The number of hydrogen-bond donors (Lipinski definition) is 4. The Balaban J connectivity index is 1.87. The monoisotopic (exact) mass is 362 g/mol. The largest absolute Gasteiger partial charge is 0.394 e. The molecule has 1 aromatic carbocycles. The normalized spacial score (nSPS) is 12.5. The number of aromatic nitrogens is 3. The number of imidazole rings is 1. The highest BCUT2D eigenvalue weighted by Crippen LogP contribution is 2.24. The Morgan fingerprint density at radius 1 is 1.27 bits per heavy atom. The van der Waals surface area contributed by atoms with E-state index in [-0.39, 0.29) is 6.61 Å².